The van der Waals surface area contributed by atoms with Gasteiger partial charge in [0, 0.05) is 0 Å². The summed E-state index contributed by atoms with van der Waals surface area (Å²) in [4.78, 5) is 3.85. The lowest BCUT2D eigenvalue weighted by atomic mass is 10.4. The number of aliphatic imine (C=N–C) groups is 1. The normalized spacial score (nSPS) is 23.0. The van der Waals surface area contributed by atoms with Crippen LogP contribution in [0.15, 0.2) is 26.4 Å². The highest BCUT2D eigenvalue weighted by Crippen LogP contribution is 2.21. The van der Waals surface area contributed by atoms with Crippen molar-refractivity contribution in [3.8, 4) is 0 Å². The number of hydrogen-bond acceptors (Lipinski definition) is 3. The first kappa shape index (κ1) is 4.10. The van der Waals surface area contributed by atoms with Gasteiger partial charge in [-0.3, -0.25) is 4.99 Å². The average Bonchev–Trinajstić information content (AvgIpc) is 2.15. The lowest BCUT2D eigenvalue weighted by molar-refractivity contribution is 1.49. The maximum Gasteiger partial charge on any atom is 0.155 e. The summed E-state index contributed by atoms with van der Waals surface area (Å²) in [6, 6.07) is 0. The lowest BCUT2D eigenvalue weighted by Gasteiger charge is -1.77. The summed E-state index contributed by atoms with van der Waals surface area (Å²) in [6.07, 6.45) is 3.44. The van der Waals surface area contributed by atoms with Crippen molar-refractivity contribution in [2.75, 3.05) is 0 Å². The molecule has 0 saturated heterocycles. The standard InChI is InChI=1S/C4H2N3P/c1-3-4(2-5-1)7-8-6-3/h1-2H. The van der Waals surface area contributed by atoms with Gasteiger partial charge in [-0.05, 0) is 0 Å². The topological polar surface area (TPSA) is 37.1 Å². The number of rotatable bonds is 0. The van der Waals surface area contributed by atoms with Gasteiger partial charge < -0.3 is 0 Å². The fraction of sp³-hybridized carbons (Fsp3) is 0. The van der Waals surface area contributed by atoms with Gasteiger partial charge in [-0.1, -0.05) is 0 Å². The van der Waals surface area contributed by atoms with Crippen molar-refractivity contribution in [1.82, 2.24) is 0 Å². The molecule has 2 heterocycles. The van der Waals surface area contributed by atoms with Crippen LogP contribution < -0.4 is 0 Å². The second-order valence-corrected chi connectivity index (χ2v) is 2.05. The lowest BCUT2D eigenvalue weighted by Crippen LogP contribution is -1.91. The van der Waals surface area contributed by atoms with E-state index in [0.717, 1.165) is 19.9 Å². The van der Waals surface area contributed by atoms with Gasteiger partial charge in [0.25, 0.3) is 0 Å². The fourth-order valence-electron chi connectivity index (χ4n) is 0.584. The molecule has 0 aliphatic carbocycles. The predicted molar refractivity (Wildman–Crippen MR) is 33.4 cm³/mol. The van der Waals surface area contributed by atoms with Gasteiger partial charge in [0.15, 0.2) is 8.52 Å². The first-order valence-corrected chi connectivity index (χ1v) is 2.99. The Labute approximate surface area is 47.8 Å². The van der Waals surface area contributed by atoms with Gasteiger partial charge in [0.05, 0.1) is 12.4 Å². The minimum Gasteiger partial charge on any atom is -0.260 e. The maximum atomic E-state index is 4.00. The molecular formula is C4H2N3P. The molecule has 0 bridgehead atoms. The van der Waals surface area contributed by atoms with Gasteiger partial charge in [-0.15, -0.1) is 0 Å². The van der Waals surface area contributed by atoms with Gasteiger partial charge in [-0.25, -0.2) is 9.51 Å². The Morgan fingerprint density at radius 2 is 2.50 bits per heavy atom. The van der Waals surface area contributed by atoms with E-state index in [9.17, 15) is 0 Å². The molecule has 0 saturated carbocycles. The van der Waals surface area contributed by atoms with Crippen molar-refractivity contribution in [3.05, 3.63) is 11.9 Å². The van der Waals surface area contributed by atoms with Gasteiger partial charge >= 0.3 is 0 Å². The molecule has 8 heavy (non-hydrogen) atoms. The third-order valence-electron chi connectivity index (χ3n) is 0.961. The second kappa shape index (κ2) is 1.33. The minimum absolute atomic E-state index is 0.800. The zero-order valence-electron chi connectivity index (χ0n) is 3.94. The number of nitrogens with zero attached hydrogens (tertiary/aromatic N) is 3. The summed E-state index contributed by atoms with van der Waals surface area (Å²) >= 11 is 0. The largest absolute Gasteiger partial charge is 0.260 e. The Balaban J connectivity index is 2.59. The highest BCUT2D eigenvalue weighted by Gasteiger charge is 2.10. The molecule has 2 aliphatic rings. The highest BCUT2D eigenvalue weighted by atomic mass is 31.1. The van der Waals surface area contributed by atoms with Crippen LogP contribution in [0, 0.1) is 0 Å². The quantitative estimate of drug-likeness (QED) is 0.437. The SMILES string of the molecule is C1=NC=C2N=PN=C12. The molecule has 0 aromatic carbocycles. The summed E-state index contributed by atoms with van der Waals surface area (Å²) in [5.74, 6) is 0. The van der Waals surface area contributed by atoms with Gasteiger partial charge in [0.1, 0.15) is 11.4 Å². The number of hydrogen-bond donors (Lipinski definition) is 0. The molecule has 0 aromatic heterocycles. The van der Waals surface area contributed by atoms with E-state index in [0.29, 0.717) is 0 Å². The molecule has 0 aromatic rings. The Bertz CT molecular complexity index is 210. The van der Waals surface area contributed by atoms with E-state index in [-0.39, 0.29) is 0 Å². The average molecular weight is 123 g/mol. The molecule has 3 nitrogen and oxygen atoms in total. The van der Waals surface area contributed by atoms with Crippen molar-refractivity contribution in [1.29, 1.82) is 0 Å². The Morgan fingerprint density at radius 1 is 1.50 bits per heavy atom. The van der Waals surface area contributed by atoms with E-state index < -0.39 is 0 Å². The monoisotopic (exact) mass is 123 g/mol. The maximum absolute atomic E-state index is 4.00. The van der Waals surface area contributed by atoms with E-state index in [1.807, 2.05) is 0 Å². The van der Waals surface area contributed by atoms with Crippen molar-refractivity contribution in [2.45, 2.75) is 0 Å². The molecule has 0 amide bonds. The van der Waals surface area contributed by atoms with E-state index in [4.69, 9.17) is 0 Å². The Hall–Kier alpha value is -0.820. The highest BCUT2D eigenvalue weighted by molar-refractivity contribution is 7.26. The van der Waals surface area contributed by atoms with Crippen molar-refractivity contribution in [3.63, 3.8) is 0 Å². The minimum atomic E-state index is 0.800. The Kier molecular flexibility index (Phi) is 0.680. The molecule has 0 spiro atoms. The number of fused-ring (bicyclic) bond motifs is 1. The zero-order valence-corrected chi connectivity index (χ0v) is 4.84. The van der Waals surface area contributed by atoms with Crippen LogP contribution >= 0.6 is 8.52 Å². The second-order valence-electron chi connectivity index (χ2n) is 1.47. The zero-order chi connectivity index (χ0) is 5.40. The van der Waals surface area contributed by atoms with Crippen LogP contribution in [-0.4, -0.2) is 11.9 Å². The molecule has 0 fully saturated rings. The molecule has 0 atom stereocenters. The van der Waals surface area contributed by atoms with Crippen LogP contribution in [0.4, 0.5) is 0 Å². The van der Waals surface area contributed by atoms with Gasteiger partial charge in [0.2, 0.25) is 0 Å². The van der Waals surface area contributed by atoms with Crippen molar-refractivity contribution in [2.24, 2.45) is 14.5 Å². The summed E-state index contributed by atoms with van der Waals surface area (Å²) in [7, 11) is 0.800. The first-order chi connectivity index (χ1) is 3.97. The van der Waals surface area contributed by atoms with E-state index >= 15 is 0 Å². The van der Waals surface area contributed by atoms with Crippen LogP contribution in [0.5, 0.6) is 0 Å². The third-order valence-corrected chi connectivity index (χ3v) is 1.57. The van der Waals surface area contributed by atoms with Crippen LogP contribution in [0.2, 0.25) is 0 Å². The number of allylic oxidation sites excluding steroid dienone is 1. The summed E-state index contributed by atoms with van der Waals surface area (Å²) in [6.45, 7) is 0. The fourth-order valence-corrected chi connectivity index (χ4v) is 1.13. The van der Waals surface area contributed by atoms with E-state index in [1.54, 1.807) is 12.4 Å². The molecule has 2 rings (SSSR count). The van der Waals surface area contributed by atoms with Gasteiger partial charge in [-0.2, -0.15) is 0 Å². The van der Waals surface area contributed by atoms with Crippen molar-refractivity contribution < 1.29 is 0 Å². The molecule has 4 heteroatoms. The summed E-state index contributed by atoms with van der Waals surface area (Å²) < 4.78 is 8.00. The van der Waals surface area contributed by atoms with Crippen LogP contribution in [0.1, 0.15) is 0 Å². The smallest absolute Gasteiger partial charge is 0.155 e. The molecule has 0 N–H and O–H groups in total. The van der Waals surface area contributed by atoms with Crippen LogP contribution in [0.25, 0.3) is 0 Å². The third kappa shape index (κ3) is 0.393. The van der Waals surface area contributed by atoms with Crippen LogP contribution in [0.3, 0.4) is 0 Å². The molecule has 0 radical (unpaired) electrons. The molecule has 38 valence electrons. The Morgan fingerprint density at radius 3 is 3.38 bits per heavy atom. The predicted octanol–water partition coefficient (Wildman–Crippen LogP) is 1.41. The molecule has 2 aliphatic heterocycles. The summed E-state index contributed by atoms with van der Waals surface area (Å²) in [5.41, 5.74) is 1.85. The summed E-state index contributed by atoms with van der Waals surface area (Å²) in [5, 5.41) is 0. The van der Waals surface area contributed by atoms with Crippen molar-refractivity contribution >= 4 is 20.4 Å². The van der Waals surface area contributed by atoms with E-state index in [1.165, 1.54) is 0 Å². The molecular weight excluding hydrogens is 121 g/mol. The molecule has 0 unspecified atom stereocenters. The van der Waals surface area contributed by atoms with Crippen LogP contribution in [-0.2, 0) is 0 Å². The van der Waals surface area contributed by atoms with E-state index in [2.05, 4.69) is 14.5 Å². The first-order valence-electron chi connectivity index (χ1n) is 2.19.